The molecule has 118 valence electrons. The Labute approximate surface area is 149 Å². The van der Waals surface area contributed by atoms with E-state index in [0.717, 1.165) is 17.7 Å². The minimum atomic E-state index is 0. The highest BCUT2D eigenvalue weighted by Crippen LogP contribution is 2.20. The third-order valence-corrected chi connectivity index (χ3v) is 3.52. The number of benzene rings is 1. The Hall–Kier alpha value is -1.63. The highest BCUT2D eigenvalue weighted by Gasteiger charge is 2.02. The van der Waals surface area contributed by atoms with Crippen LogP contribution >= 0.6 is 24.0 Å². The third-order valence-electron chi connectivity index (χ3n) is 3.52. The highest BCUT2D eigenvalue weighted by atomic mass is 127. The quantitative estimate of drug-likeness (QED) is 0.443. The molecule has 1 aromatic carbocycles. The molecule has 0 amide bonds. The topological polar surface area (TPSA) is 63.3 Å². The second-order valence-corrected chi connectivity index (χ2v) is 5.12. The number of nitrogens with two attached hydrogens (primary N) is 1. The first-order chi connectivity index (χ1) is 10.2. The minimum Gasteiger partial charge on any atom is -0.370 e. The molecule has 5 heteroatoms. The summed E-state index contributed by atoms with van der Waals surface area (Å²) in [6.45, 7) is 4.95. The summed E-state index contributed by atoms with van der Waals surface area (Å²) in [7, 11) is 0. The van der Waals surface area contributed by atoms with Gasteiger partial charge >= 0.3 is 0 Å². The van der Waals surface area contributed by atoms with Crippen molar-refractivity contribution in [1.82, 2.24) is 4.98 Å². The molecule has 4 nitrogen and oxygen atoms in total. The van der Waals surface area contributed by atoms with Crippen LogP contribution in [0.2, 0.25) is 0 Å². The van der Waals surface area contributed by atoms with E-state index in [1.165, 1.54) is 5.56 Å². The van der Waals surface area contributed by atoms with Crippen LogP contribution in [0.1, 0.15) is 37.3 Å². The maximum absolute atomic E-state index is 5.90. The minimum absolute atomic E-state index is 0. The number of aliphatic imine (C=N–C) groups is 1. The molecule has 0 spiro atoms. The van der Waals surface area contributed by atoms with Gasteiger partial charge < -0.3 is 11.1 Å². The van der Waals surface area contributed by atoms with Crippen LogP contribution in [0, 0.1) is 0 Å². The number of nitrogens with zero attached hydrogens (tertiary/aromatic N) is 2. The van der Waals surface area contributed by atoms with E-state index >= 15 is 0 Å². The van der Waals surface area contributed by atoms with Crippen molar-refractivity contribution in [2.45, 2.75) is 32.7 Å². The molecule has 22 heavy (non-hydrogen) atoms. The zero-order chi connectivity index (χ0) is 15.1. The Kier molecular flexibility index (Phi) is 7.87. The number of pyridine rings is 1. The van der Waals surface area contributed by atoms with Crippen molar-refractivity contribution in [3.05, 3.63) is 59.9 Å². The first-order valence-electron chi connectivity index (χ1n) is 7.25. The molecular formula is C17H23IN4. The van der Waals surface area contributed by atoms with Crippen molar-refractivity contribution in [2.75, 3.05) is 5.32 Å². The normalized spacial score (nSPS) is 12.4. The summed E-state index contributed by atoms with van der Waals surface area (Å²) < 4.78 is 0. The Morgan fingerprint density at radius 3 is 2.59 bits per heavy atom. The zero-order valence-electron chi connectivity index (χ0n) is 13.0. The van der Waals surface area contributed by atoms with Gasteiger partial charge in [-0.15, -0.1) is 24.0 Å². The molecular weight excluding hydrogens is 387 g/mol. The molecule has 2 rings (SSSR count). The van der Waals surface area contributed by atoms with Gasteiger partial charge in [-0.05, 0) is 41.7 Å². The Morgan fingerprint density at radius 2 is 2.00 bits per heavy atom. The monoisotopic (exact) mass is 410 g/mol. The van der Waals surface area contributed by atoms with Crippen molar-refractivity contribution >= 4 is 35.6 Å². The summed E-state index contributed by atoms with van der Waals surface area (Å²) in [4.78, 5) is 8.36. The number of halogens is 1. The molecule has 2 aromatic rings. The second kappa shape index (κ2) is 9.40. The molecule has 0 aliphatic rings. The molecule has 0 radical (unpaired) electrons. The van der Waals surface area contributed by atoms with Gasteiger partial charge in [0.05, 0.1) is 6.54 Å². The highest BCUT2D eigenvalue weighted by molar-refractivity contribution is 14.0. The molecule has 0 fully saturated rings. The SMILES string of the molecule is CCC(C)c1ccc(NC(N)=NCc2cccnc2)cc1.I. The zero-order valence-corrected chi connectivity index (χ0v) is 15.3. The average molecular weight is 410 g/mol. The number of rotatable bonds is 5. The fourth-order valence-electron chi connectivity index (χ4n) is 1.99. The van der Waals surface area contributed by atoms with E-state index in [2.05, 4.69) is 41.3 Å². The predicted octanol–water partition coefficient (Wildman–Crippen LogP) is 4.14. The maximum atomic E-state index is 5.90. The lowest BCUT2D eigenvalue weighted by Gasteiger charge is -2.10. The van der Waals surface area contributed by atoms with Crippen LogP contribution < -0.4 is 11.1 Å². The van der Waals surface area contributed by atoms with Gasteiger partial charge in [0.15, 0.2) is 5.96 Å². The van der Waals surface area contributed by atoms with Gasteiger partial charge in [0.1, 0.15) is 0 Å². The van der Waals surface area contributed by atoms with E-state index in [1.54, 1.807) is 12.4 Å². The van der Waals surface area contributed by atoms with Crippen LogP contribution in [0.4, 0.5) is 5.69 Å². The average Bonchev–Trinajstić information content (AvgIpc) is 2.54. The molecule has 1 aromatic heterocycles. The fraction of sp³-hybridized carbons (Fsp3) is 0.294. The van der Waals surface area contributed by atoms with E-state index in [1.807, 2.05) is 24.3 Å². The van der Waals surface area contributed by atoms with Gasteiger partial charge in [-0.2, -0.15) is 0 Å². The van der Waals surface area contributed by atoms with Crippen molar-refractivity contribution in [1.29, 1.82) is 0 Å². The van der Waals surface area contributed by atoms with Crippen molar-refractivity contribution in [3.8, 4) is 0 Å². The molecule has 1 heterocycles. The van der Waals surface area contributed by atoms with Crippen molar-refractivity contribution in [3.63, 3.8) is 0 Å². The van der Waals surface area contributed by atoms with Gasteiger partial charge in [-0.1, -0.05) is 32.0 Å². The molecule has 0 bridgehead atoms. The lowest BCUT2D eigenvalue weighted by Crippen LogP contribution is -2.22. The van der Waals surface area contributed by atoms with Crippen LogP contribution in [0.25, 0.3) is 0 Å². The van der Waals surface area contributed by atoms with E-state index in [-0.39, 0.29) is 24.0 Å². The first kappa shape index (κ1) is 18.4. The smallest absolute Gasteiger partial charge is 0.193 e. The number of nitrogens with one attached hydrogen (secondary N) is 1. The number of hydrogen-bond donors (Lipinski definition) is 2. The summed E-state index contributed by atoms with van der Waals surface area (Å²) >= 11 is 0. The lowest BCUT2D eigenvalue weighted by atomic mass is 9.99. The Bertz CT molecular complexity index is 581. The fourth-order valence-corrected chi connectivity index (χ4v) is 1.99. The molecule has 0 saturated carbocycles. The molecule has 3 N–H and O–H groups in total. The standard InChI is InChI=1S/C17H22N4.HI/c1-3-13(2)15-6-8-16(9-7-15)21-17(18)20-12-14-5-4-10-19-11-14;/h4-11,13H,3,12H2,1-2H3,(H3,18,20,21);1H. The Balaban J connectivity index is 0.00000242. The predicted molar refractivity (Wildman–Crippen MR) is 104 cm³/mol. The van der Waals surface area contributed by atoms with Crippen LogP contribution in [-0.2, 0) is 6.54 Å². The summed E-state index contributed by atoms with van der Waals surface area (Å²) in [5.74, 6) is 0.991. The number of guanidine groups is 1. The van der Waals surface area contributed by atoms with Crippen LogP contribution in [-0.4, -0.2) is 10.9 Å². The van der Waals surface area contributed by atoms with Crippen LogP contribution in [0.15, 0.2) is 53.8 Å². The number of aromatic nitrogens is 1. The summed E-state index contributed by atoms with van der Waals surface area (Å²) in [6.07, 6.45) is 4.67. The van der Waals surface area contributed by atoms with E-state index in [0.29, 0.717) is 18.4 Å². The van der Waals surface area contributed by atoms with Gasteiger partial charge in [0.2, 0.25) is 0 Å². The summed E-state index contributed by atoms with van der Waals surface area (Å²) in [5, 5.41) is 3.10. The third kappa shape index (κ3) is 5.63. The number of hydrogen-bond acceptors (Lipinski definition) is 2. The lowest BCUT2D eigenvalue weighted by molar-refractivity contribution is 0.734. The van der Waals surface area contributed by atoms with Crippen molar-refractivity contribution < 1.29 is 0 Å². The van der Waals surface area contributed by atoms with Gasteiger partial charge in [-0.3, -0.25) is 4.98 Å². The summed E-state index contributed by atoms with van der Waals surface area (Å²) in [6, 6.07) is 12.2. The van der Waals surface area contributed by atoms with Gasteiger partial charge in [-0.25, -0.2) is 4.99 Å². The Morgan fingerprint density at radius 1 is 1.27 bits per heavy atom. The number of anilines is 1. The molecule has 0 saturated heterocycles. The van der Waals surface area contributed by atoms with Crippen molar-refractivity contribution in [2.24, 2.45) is 10.7 Å². The first-order valence-corrected chi connectivity index (χ1v) is 7.25. The molecule has 0 aliphatic carbocycles. The second-order valence-electron chi connectivity index (χ2n) is 5.12. The van der Waals surface area contributed by atoms with Crippen LogP contribution in [0.3, 0.4) is 0 Å². The molecule has 1 atom stereocenters. The van der Waals surface area contributed by atoms with Gasteiger partial charge in [0.25, 0.3) is 0 Å². The summed E-state index contributed by atoms with van der Waals surface area (Å²) in [5.41, 5.74) is 9.23. The van der Waals surface area contributed by atoms with Gasteiger partial charge in [0, 0.05) is 18.1 Å². The van der Waals surface area contributed by atoms with E-state index in [4.69, 9.17) is 5.73 Å². The van der Waals surface area contributed by atoms with E-state index in [9.17, 15) is 0 Å². The molecule has 1 unspecified atom stereocenters. The largest absolute Gasteiger partial charge is 0.370 e. The van der Waals surface area contributed by atoms with E-state index < -0.39 is 0 Å². The molecule has 0 aliphatic heterocycles. The maximum Gasteiger partial charge on any atom is 0.193 e. The van der Waals surface area contributed by atoms with Crippen LogP contribution in [0.5, 0.6) is 0 Å².